The van der Waals surface area contributed by atoms with E-state index in [0.29, 0.717) is 23.9 Å². The predicted molar refractivity (Wildman–Crippen MR) is 82.1 cm³/mol. The number of nitrogens with one attached hydrogen (secondary N) is 1. The Morgan fingerprint density at radius 1 is 1.29 bits per heavy atom. The van der Waals surface area contributed by atoms with E-state index >= 15 is 0 Å². The number of furan rings is 1. The van der Waals surface area contributed by atoms with Crippen LogP contribution in [-0.2, 0) is 4.79 Å². The second kappa shape index (κ2) is 5.84. The first kappa shape index (κ1) is 14.6. The number of amides is 1. The van der Waals surface area contributed by atoms with Gasteiger partial charge >= 0.3 is 0 Å². The average Bonchev–Trinajstić information content (AvgIpc) is 3.24. The molecule has 4 nitrogen and oxygen atoms in total. The van der Waals surface area contributed by atoms with Gasteiger partial charge in [0.2, 0.25) is 5.91 Å². The zero-order valence-electron chi connectivity index (χ0n) is 13.3. The maximum absolute atomic E-state index is 12.1. The highest BCUT2D eigenvalue weighted by atomic mass is 16.3. The summed E-state index contributed by atoms with van der Waals surface area (Å²) in [4.78, 5) is 14.1. The van der Waals surface area contributed by atoms with Gasteiger partial charge in [-0.1, -0.05) is 0 Å². The first-order chi connectivity index (χ1) is 10.0. The maximum atomic E-state index is 12.1. The van der Waals surface area contributed by atoms with Gasteiger partial charge in [0.15, 0.2) is 0 Å². The molecule has 2 heterocycles. The third-order valence-electron chi connectivity index (χ3n) is 4.76. The summed E-state index contributed by atoms with van der Waals surface area (Å²) in [5.41, 5.74) is 1.25. The maximum Gasteiger partial charge on any atom is 0.225 e. The minimum atomic E-state index is 0.304. The van der Waals surface area contributed by atoms with Crippen LogP contribution in [0.5, 0.6) is 0 Å². The second-order valence-electron chi connectivity index (χ2n) is 6.63. The molecule has 1 aromatic rings. The Balaban J connectivity index is 1.50. The van der Waals surface area contributed by atoms with Crippen molar-refractivity contribution in [3.63, 3.8) is 0 Å². The molecule has 116 valence electrons. The van der Waals surface area contributed by atoms with Crippen LogP contribution in [0.25, 0.3) is 0 Å². The van der Waals surface area contributed by atoms with Gasteiger partial charge in [-0.3, -0.25) is 4.79 Å². The van der Waals surface area contributed by atoms with E-state index in [1.165, 1.54) is 5.56 Å². The van der Waals surface area contributed by atoms with Crippen molar-refractivity contribution >= 4 is 5.91 Å². The summed E-state index contributed by atoms with van der Waals surface area (Å²) < 4.78 is 5.61. The lowest BCUT2D eigenvalue weighted by atomic mass is 10.0. The van der Waals surface area contributed by atoms with Gasteiger partial charge in [-0.2, -0.15) is 0 Å². The van der Waals surface area contributed by atoms with Crippen LogP contribution in [0.2, 0.25) is 0 Å². The molecule has 1 saturated carbocycles. The van der Waals surface area contributed by atoms with Crippen LogP contribution >= 0.6 is 0 Å². The molecule has 1 atom stereocenters. The molecule has 1 aromatic heterocycles. The Hall–Kier alpha value is -1.29. The third kappa shape index (κ3) is 3.31. The molecule has 3 rings (SSSR count). The van der Waals surface area contributed by atoms with E-state index in [0.717, 1.165) is 50.3 Å². The molecule has 1 unspecified atom stereocenters. The summed E-state index contributed by atoms with van der Waals surface area (Å²) in [7, 11) is 0. The lowest BCUT2D eigenvalue weighted by molar-refractivity contribution is -0.133. The van der Waals surface area contributed by atoms with Crippen LogP contribution in [0.1, 0.15) is 55.7 Å². The van der Waals surface area contributed by atoms with E-state index in [1.54, 1.807) is 0 Å². The van der Waals surface area contributed by atoms with Crippen molar-refractivity contribution in [1.82, 2.24) is 10.2 Å². The van der Waals surface area contributed by atoms with Gasteiger partial charge < -0.3 is 14.6 Å². The van der Waals surface area contributed by atoms with Gasteiger partial charge in [0.25, 0.3) is 0 Å². The number of hydrogen-bond acceptors (Lipinski definition) is 3. The molecule has 0 radical (unpaired) electrons. The van der Waals surface area contributed by atoms with Gasteiger partial charge in [-0.15, -0.1) is 0 Å². The highest BCUT2D eigenvalue weighted by Gasteiger charge is 2.35. The number of carbonyl (C=O) groups excluding carboxylic acids is 1. The smallest absolute Gasteiger partial charge is 0.225 e. The standard InChI is InChI=1S/C17H26N2O2/c1-11-10-16(13(3)21-11)12(2)18-15-6-8-19(9-7-15)17(20)14-4-5-14/h10,12,14-15,18H,4-9H2,1-3H3. The molecule has 1 saturated heterocycles. The fraction of sp³-hybridized carbons (Fsp3) is 0.706. The molecule has 4 heteroatoms. The summed E-state index contributed by atoms with van der Waals surface area (Å²) in [6, 6.07) is 2.93. The van der Waals surface area contributed by atoms with E-state index in [-0.39, 0.29) is 0 Å². The zero-order chi connectivity index (χ0) is 15.0. The zero-order valence-corrected chi connectivity index (χ0v) is 13.3. The van der Waals surface area contributed by atoms with Crippen LogP contribution in [0, 0.1) is 19.8 Å². The van der Waals surface area contributed by atoms with Crippen molar-refractivity contribution in [3.8, 4) is 0 Å². The van der Waals surface area contributed by atoms with Crippen LogP contribution in [0.15, 0.2) is 10.5 Å². The van der Waals surface area contributed by atoms with Gasteiger partial charge in [0, 0.05) is 36.7 Å². The third-order valence-corrected chi connectivity index (χ3v) is 4.76. The minimum Gasteiger partial charge on any atom is -0.466 e. The highest BCUT2D eigenvalue weighted by molar-refractivity contribution is 5.81. The molecular formula is C17H26N2O2. The summed E-state index contributed by atoms with van der Waals surface area (Å²) >= 11 is 0. The fourth-order valence-corrected chi connectivity index (χ4v) is 3.38. The van der Waals surface area contributed by atoms with Gasteiger partial charge in [-0.25, -0.2) is 0 Å². The van der Waals surface area contributed by atoms with E-state index < -0.39 is 0 Å². The number of carbonyl (C=O) groups is 1. The van der Waals surface area contributed by atoms with Crippen molar-refractivity contribution < 1.29 is 9.21 Å². The lowest BCUT2D eigenvalue weighted by Crippen LogP contribution is -2.46. The second-order valence-corrected chi connectivity index (χ2v) is 6.63. The molecule has 1 aliphatic carbocycles. The molecule has 21 heavy (non-hydrogen) atoms. The fourth-order valence-electron chi connectivity index (χ4n) is 3.38. The first-order valence-electron chi connectivity index (χ1n) is 8.16. The van der Waals surface area contributed by atoms with Crippen molar-refractivity contribution in [3.05, 3.63) is 23.2 Å². The Morgan fingerprint density at radius 3 is 2.48 bits per heavy atom. The summed E-state index contributed by atoms with van der Waals surface area (Å²) in [6.45, 7) is 8.02. The minimum absolute atomic E-state index is 0.304. The van der Waals surface area contributed by atoms with Gasteiger partial charge in [0.1, 0.15) is 11.5 Å². The molecule has 1 amide bonds. The molecule has 0 bridgehead atoms. The Labute approximate surface area is 126 Å². The van der Waals surface area contributed by atoms with Crippen LogP contribution in [0.3, 0.4) is 0 Å². The highest BCUT2D eigenvalue weighted by Crippen LogP contribution is 2.32. The Morgan fingerprint density at radius 2 is 1.95 bits per heavy atom. The Bertz CT molecular complexity index is 511. The van der Waals surface area contributed by atoms with Crippen LogP contribution in [0.4, 0.5) is 0 Å². The summed E-state index contributed by atoms with van der Waals surface area (Å²) in [5.74, 6) is 2.72. The predicted octanol–water partition coefficient (Wildman–Crippen LogP) is 2.95. The van der Waals surface area contributed by atoms with Gasteiger partial charge in [0.05, 0.1) is 0 Å². The number of rotatable bonds is 4. The quantitative estimate of drug-likeness (QED) is 0.927. The van der Waals surface area contributed by atoms with Crippen molar-refractivity contribution in [2.24, 2.45) is 5.92 Å². The molecule has 1 N–H and O–H groups in total. The number of aryl methyl sites for hydroxylation is 2. The van der Waals surface area contributed by atoms with E-state index in [9.17, 15) is 4.79 Å². The van der Waals surface area contributed by atoms with E-state index in [1.807, 2.05) is 13.8 Å². The molecule has 2 aliphatic rings. The lowest BCUT2D eigenvalue weighted by Gasteiger charge is -2.34. The van der Waals surface area contributed by atoms with Crippen LogP contribution in [-0.4, -0.2) is 29.9 Å². The number of hydrogen-bond donors (Lipinski definition) is 1. The van der Waals surface area contributed by atoms with Gasteiger partial charge in [-0.05, 0) is 52.5 Å². The first-order valence-corrected chi connectivity index (χ1v) is 8.16. The van der Waals surface area contributed by atoms with E-state index in [4.69, 9.17) is 4.42 Å². The average molecular weight is 290 g/mol. The SMILES string of the molecule is Cc1cc(C(C)NC2CCN(C(=O)C3CC3)CC2)c(C)o1. The largest absolute Gasteiger partial charge is 0.466 e. The summed E-state index contributed by atoms with van der Waals surface area (Å²) in [5, 5.41) is 3.70. The molecule has 0 spiro atoms. The van der Waals surface area contributed by atoms with Crippen molar-refractivity contribution in [2.45, 2.75) is 58.5 Å². The molecule has 1 aliphatic heterocycles. The van der Waals surface area contributed by atoms with Crippen molar-refractivity contribution in [1.29, 1.82) is 0 Å². The topological polar surface area (TPSA) is 45.5 Å². The summed E-state index contributed by atoms with van der Waals surface area (Å²) in [6.07, 6.45) is 4.32. The van der Waals surface area contributed by atoms with E-state index in [2.05, 4.69) is 23.2 Å². The Kier molecular flexibility index (Phi) is 4.07. The van der Waals surface area contributed by atoms with Crippen LogP contribution < -0.4 is 5.32 Å². The molecule has 0 aromatic carbocycles. The molecule has 2 fully saturated rings. The normalized spacial score (nSPS) is 21.6. The number of likely N-dealkylation sites (tertiary alicyclic amines) is 1. The number of piperidine rings is 1. The van der Waals surface area contributed by atoms with Crippen molar-refractivity contribution in [2.75, 3.05) is 13.1 Å². The molecular weight excluding hydrogens is 264 g/mol. The monoisotopic (exact) mass is 290 g/mol. The number of nitrogens with zero attached hydrogens (tertiary/aromatic N) is 1.